The van der Waals surface area contributed by atoms with Crippen LogP contribution < -0.4 is 9.64 Å². The van der Waals surface area contributed by atoms with Gasteiger partial charge in [0, 0.05) is 38.3 Å². The van der Waals surface area contributed by atoms with E-state index >= 15 is 0 Å². The van der Waals surface area contributed by atoms with E-state index in [0.29, 0.717) is 56.3 Å². The van der Waals surface area contributed by atoms with E-state index in [-0.39, 0.29) is 10.8 Å². The number of aromatic nitrogens is 2. The minimum atomic E-state index is -3.67. The van der Waals surface area contributed by atoms with E-state index in [9.17, 15) is 8.42 Å². The van der Waals surface area contributed by atoms with Crippen molar-refractivity contribution in [3.8, 4) is 17.2 Å². The third-order valence-corrected chi connectivity index (χ3v) is 7.16. The first-order valence-corrected chi connectivity index (χ1v) is 11.9. The molecule has 4 rings (SSSR count). The van der Waals surface area contributed by atoms with Crippen LogP contribution in [-0.4, -0.2) is 55.6 Å². The van der Waals surface area contributed by atoms with Crippen LogP contribution in [0.2, 0.25) is 0 Å². The number of anilines is 1. The van der Waals surface area contributed by atoms with Gasteiger partial charge in [0.2, 0.25) is 10.0 Å². The summed E-state index contributed by atoms with van der Waals surface area (Å²) >= 11 is 0. The summed E-state index contributed by atoms with van der Waals surface area (Å²) in [7, 11) is -3.67. The van der Waals surface area contributed by atoms with Crippen LogP contribution in [0.25, 0.3) is 11.5 Å². The minimum absolute atomic E-state index is 0.190. The molecule has 2 heterocycles. The van der Waals surface area contributed by atoms with Gasteiger partial charge in [0.25, 0.3) is 5.89 Å². The van der Waals surface area contributed by atoms with Gasteiger partial charge in [-0.1, -0.05) is 30.3 Å². The lowest BCUT2D eigenvalue weighted by Gasteiger charge is -2.35. The first-order chi connectivity index (χ1) is 15.0. The number of nitrogens with zero attached hydrogens (tertiary/aromatic N) is 4. The van der Waals surface area contributed by atoms with Crippen molar-refractivity contribution in [3.63, 3.8) is 0 Å². The van der Waals surface area contributed by atoms with Crippen molar-refractivity contribution >= 4 is 15.7 Å². The van der Waals surface area contributed by atoms with Gasteiger partial charge in [0.1, 0.15) is 5.75 Å². The van der Waals surface area contributed by atoms with Gasteiger partial charge in [0.05, 0.1) is 17.1 Å². The largest absolute Gasteiger partial charge is 0.493 e. The highest BCUT2D eigenvalue weighted by molar-refractivity contribution is 7.89. The van der Waals surface area contributed by atoms with E-state index in [4.69, 9.17) is 9.26 Å². The van der Waals surface area contributed by atoms with Gasteiger partial charge in [-0.3, -0.25) is 0 Å². The molecule has 0 atom stereocenters. The van der Waals surface area contributed by atoms with E-state index in [0.717, 1.165) is 5.69 Å². The Labute approximate surface area is 182 Å². The van der Waals surface area contributed by atoms with Gasteiger partial charge in [-0.05, 0) is 37.3 Å². The van der Waals surface area contributed by atoms with Crippen LogP contribution in [0.1, 0.15) is 19.7 Å². The number of benzene rings is 2. The molecule has 1 aliphatic heterocycles. The van der Waals surface area contributed by atoms with E-state index in [1.807, 2.05) is 44.2 Å². The molecule has 0 bridgehead atoms. The molecule has 31 heavy (non-hydrogen) atoms. The Morgan fingerprint density at radius 3 is 2.42 bits per heavy atom. The highest BCUT2D eigenvalue weighted by atomic mass is 32.2. The van der Waals surface area contributed by atoms with E-state index in [1.54, 1.807) is 18.2 Å². The second-order valence-electron chi connectivity index (χ2n) is 7.19. The fourth-order valence-corrected chi connectivity index (χ4v) is 5.05. The summed E-state index contributed by atoms with van der Waals surface area (Å²) in [6.45, 7) is 6.34. The minimum Gasteiger partial charge on any atom is -0.493 e. The number of hydrogen-bond donors (Lipinski definition) is 0. The highest BCUT2D eigenvalue weighted by Crippen LogP contribution is 2.33. The molecule has 0 N–H and O–H groups in total. The Morgan fingerprint density at radius 1 is 1.03 bits per heavy atom. The summed E-state index contributed by atoms with van der Waals surface area (Å²) in [5.74, 6) is 1.33. The number of sulfonamides is 1. The molecule has 0 aliphatic carbocycles. The lowest BCUT2D eigenvalue weighted by atomic mass is 10.2. The summed E-state index contributed by atoms with van der Waals surface area (Å²) in [6.07, 6.45) is 0.622. The maximum Gasteiger partial charge on any atom is 0.261 e. The quantitative estimate of drug-likeness (QED) is 0.555. The maximum atomic E-state index is 13.3. The third kappa shape index (κ3) is 4.42. The van der Waals surface area contributed by atoms with E-state index < -0.39 is 10.0 Å². The summed E-state index contributed by atoms with van der Waals surface area (Å²) < 4.78 is 39.2. The van der Waals surface area contributed by atoms with Crippen LogP contribution in [0.4, 0.5) is 5.69 Å². The van der Waals surface area contributed by atoms with Crippen LogP contribution in [0, 0.1) is 0 Å². The predicted molar refractivity (Wildman–Crippen MR) is 118 cm³/mol. The Kier molecular flexibility index (Phi) is 6.24. The predicted octanol–water partition coefficient (Wildman–Crippen LogP) is 3.21. The fraction of sp³-hybridized carbons (Fsp3) is 0.364. The standard InChI is InChI=1S/C22H26N4O4S/c1-3-21-23-22(30-24-21)19-16-18(10-11-20(19)29-4-2)31(27,28)26-14-12-25(13-15-26)17-8-6-5-7-9-17/h5-11,16H,3-4,12-15H2,1-2H3. The molecular weight excluding hydrogens is 416 g/mol. The molecule has 2 aromatic carbocycles. The van der Waals surface area contributed by atoms with Gasteiger partial charge in [0.15, 0.2) is 5.82 Å². The van der Waals surface area contributed by atoms with Crippen molar-refractivity contribution in [2.24, 2.45) is 0 Å². The first-order valence-electron chi connectivity index (χ1n) is 10.4. The van der Waals surface area contributed by atoms with Crippen molar-refractivity contribution in [3.05, 3.63) is 54.4 Å². The van der Waals surface area contributed by atoms with E-state index in [2.05, 4.69) is 15.0 Å². The molecule has 9 heteroatoms. The molecule has 0 spiro atoms. The monoisotopic (exact) mass is 442 g/mol. The van der Waals surface area contributed by atoms with Gasteiger partial charge in [-0.2, -0.15) is 9.29 Å². The first kappa shape index (κ1) is 21.3. The molecule has 0 unspecified atom stereocenters. The van der Waals surface area contributed by atoms with Crippen molar-refractivity contribution in [1.29, 1.82) is 0 Å². The summed E-state index contributed by atoms with van der Waals surface area (Å²) in [4.78, 5) is 6.73. The van der Waals surface area contributed by atoms with Gasteiger partial charge in [-0.25, -0.2) is 8.42 Å². The van der Waals surface area contributed by atoms with Crippen LogP contribution in [0.5, 0.6) is 5.75 Å². The molecule has 0 radical (unpaired) electrons. The van der Waals surface area contributed by atoms with Gasteiger partial charge >= 0.3 is 0 Å². The highest BCUT2D eigenvalue weighted by Gasteiger charge is 2.30. The Bertz CT molecular complexity index is 1120. The fourth-order valence-electron chi connectivity index (χ4n) is 3.60. The van der Waals surface area contributed by atoms with Crippen molar-refractivity contribution in [1.82, 2.24) is 14.4 Å². The lowest BCUT2D eigenvalue weighted by molar-refractivity contribution is 0.338. The topological polar surface area (TPSA) is 88.8 Å². The zero-order valence-corrected chi connectivity index (χ0v) is 18.5. The van der Waals surface area contributed by atoms with Crippen molar-refractivity contribution < 1.29 is 17.7 Å². The smallest absolute Gasteiger partial charge is 0.261 e. The van der Waals surface area contributed by atoms with Gasteiger partial charge in [-0.15, -0.1) is 0 Å². The molecular formula is C22H26N4O4S. The second kappa shape index (κ2) is 9.07. The molecule has 164 valence electrons. The van der Waals surface area contributed by atoms with Crippen LogP contribution in [0.15, 0.2) is 57.9 Å². The Balaban J connectivity index is 1.59. The zero-order valence-electron chi connectivity index (χ0n) is 17.7. The number of ether oxygens (including phenoxy) is 1. The van der Waals surface area contributed by atoms with E-state index in [1.165, 1.54) is 4.31 Å². The molecule has 1 aliphatic rings. The normalized spacial score (nSPS) is 15.2. The van der Waals surface area contributed by atoms with Crippen LogP contribution in [0.3, 0.4) is 0 Å². The summed E-state index contributed by atoms with van der Waals surface area (Å²) in [5.41, 5.74) is 1.59. The van der Waals surface area contributed by atoms with Crippen molar-refractivity contribution in [2.75, 3.05) is 37.7 Å². The SMILES string of the molecule is CCOc1ccc(S(=O)(=O)N2CCN(c3ccccc3)CC2)cc1-c1nc(CC)no1. The van der Waals surface area contributed by atoms with Crippen LogP contribution in [-0.2, 0) is 16.4 Å². The maximum absolute atomic E-state index is 13.3. The molecule has 8 nitrogen and oxygen atoms in total. The van der Waals surface area contributed by atoms with Crippen LogP contribution >= 0.6 is 0 Å². The average molecular weight is 443 g/mol. The molecule has 1 aromatic heterocycles. The summed E-state index contributed by atoms with van der Waals surface area (Å²) in [5, 5.41) is 3.92. The molecule has 3 aromatic rings. The summed E-state index contributed by atoms with van der Waals surface area (Å²) in [6, 6.07) is 14.8. The van der Waals surface area contributed by atoms with Crippen molar-refractivity contribution in [2.45, 2.75) is 25.2 Å². The number of hydrogen-bond acceptors (Lipinski definition) is 7. The second-order valence-corrected chi connectivity index (χ2v) is 9.12. The number of aryl methyl sites for hydroxylation is 1. The average Bonchev–Trinajstić information content (AvgIpc) is 3.29. The Hall–Kier alpha value is -2.91. The zero-order chi connectivity index (χ0) is 21.8. The molecule has 0 saturated carbocycles. The number of piperazine rings is 1. The number of rotatable bonds is 7. The van der Waals surface area contributed by atoms with Gasteiger partial charge < -0.3 is 14.2 Å². The molecule has 1 saturated heterocycles. The molecule has 1 fully saturated rings. The molecule has 0 amide bonds. The third-order valence-electron chi connectivity index (χ3n) is 5.26. The number of para-hydroxylation sites is 1. The Morgan fingerprint density at radius 2 is 1.77 bits per heavy atom. The lowest BCUT2D eigenvalue weighted by Crippen LogP contribution is -2.48.